The lowest BCUT2D eigenvalue weighted by Crippen LogP contribution is -2.51. The maximum Gasteiger partial charge on any atom is 0.212 e. The van der Waals surface area contributed by atoms with Gasteiger partial charge in [0.25, 0.3) is 0 Å². The fraction of sp³-hybridized carbons (Fsp3) is 0.217. The highest BCUT2D eigenvalue weighted by Crippen LogP contribution is 2.35. The number of pyridine rings is 1. The minimum Gasteiger partial charge on any atom is -0.201 e. The lowest BCUT2D eigenvalue weighted by molar-refractivity contribution is -0.660. The summed E-state index contributed by atoms with van der Waals surface area (Å²) in [6.07, 6.45) is 2.11. The highest BCUT2D eigenvalue weighted by molar-refractivity contribution is 7.04. The largest absolute Gasteiger partial charge is 0.212 e. The molecule has 0 aliphatic carbocycles. The van der Waals surface area contributed by atoms with Gasteiger partial charge in [-0.05, 0) is 58.6 Å². The molecule has 0 spiro atoms. The Balaban J connectivity index is 2.11. The van der Waals surface area contributed by atoms with E-state index in [1.54, 1.807) is 0 Å². The molecule has 4 rings (SSSR count). The van der Waals surface area contributed by atoms with Crippen molar-refractivity contribution in [2.75, 3.05) is 0 Å². The fourth-order valence-electron chi connectivity index (χ4n) is 4.40. The molecular formula is C23H23N2Si+. The lowest BCUT2D eigenvalue weighted by atomic mass is 9.95. The van der Waals surface area contributed by atoms with Crippen molar-refractivity contribution < 1.29 is 4.57 Å². The number of aromatic nitrogens is 1. The second-order valence-corrected chi connectivity index (χ2v) is 12.1. The van der Waals surface area contributed by atoms with Gasteiger partial charge < -0.3 is 0 Å². The zero-order chi connectivity index (χ0) is 18.6. The molecule has 0 saturated carbocycles. The Morgan fingerprint density at radius 2 is 1.73 bits per heavy atom. The Bertz CT molecular complexity index is 1100. The van der Waals surface area contributed by atoms with Crippen LogP contribution < -0.4 is 14.9 Å². The van der Waals surface area contributed by atoms with Crippen LogP contribution in [0.15, 0.2) is 48.7 Å². The first kappa shape index (κ1) is 16.7. The van der Waals surface area contributed by atoms with E-state index in [1.807, 2.05) is 6.92 Å². The van der Waals surface area contributed by atoms with Crippen molar-refractivity contribution >= 4 is 18.4 Å². The second kappa shape index (κ2) is 5.65. The van der Waals surface area contributed by atoms with E-state index in [9.17, 15) is 5.26 Å². The molecule has 2 nitrogen and oxygen atoms in total. The smallest absolute Gasteiger partial charge is 0.201 e. The summed E-state index contributed by atoms with van der Waals surface area (Å²) < 4.78 is 2.21. The van der Waals surface area contributed by atoms with Crippen LogP contribution in [0.5, 0.6) is 0 Å². The maximum atomic E-state index is 9.51. The first-order valence-corrected chi connectivity index (χ1v) is 12.0. The molecule has 0 N–H and O–H groups in total. The van der Waals surface area contributed by atoms with E-state index in [0.717, 1.165) is 11.1 Å². The quantitative estimate of drug-likeness (QED) is 0.485. The fourth-order valence-corrected chi connectivity index (χ4v) is 7.89. The van der Waals surface area contributed by atoms with Gasteiger partial charge in [-0.2, -0.15) is 5.26 Å². The molecular weight excluding hydrogens is 332 g/mol. The van der Waals surface area contributed by atoms with Gasteiger partial charge in [0, 0.05) is 17.7 Å². The summed E-state index contributed by atoms with van der Waals surface area (Å²) in [6, 6.07) is 17.7. The topological polar surface area (TPSA) is 27.7 Å². The Morgan fingerprint density at radius 3 is 2.42 bits per heavy atom. The van der Waals surface area contributed by atoms with E-state index in [0.29, 0.717) is 0 Å². The van der Waals surface area contributed by atoms with Crippen molar-refractivity contribution in [1.82, 2.24) is 0 Å². The summed E-state index contributed by atoms with van der Waals surface area (Å²) in [4.78, 5) is 0. The Morgan fingerprint density at radius 1 is 0.962 bits per heavy atom. The summed E-state index contributed by atoms with van der Waals surface area (Å²) in [7, 11) is 0.216. The Labute approximate surface area is 156 Å². The van der Waals surface area contributed by atoms with Crippen LogP contribution in [-0.4, -0.2) is 8.07 Å². The van der Waals surface area contributed by atoms with Gasteiger partial charge in [-0.25, -0.2) is 4.57 Å². The van der Waals surface area contributed by atoms with Crippen molar-refractivity contribution in [3.8, 4) is 28.5 Å². The van der Waals surface area contributed by atoms with Gasteiger partial charge in [0.1, 0.15) is 15.1 Å². The number of hydrogen-bond acceptors (Lipinski definition) is 1. The second-order valence-electron chi connectivity index (χ2n) is 7.83. The molecule has 0 atom stereocenters. The van der Waals surface area contributed by atoms with Gasteiger partial charge in [0.15, 0.2) is 6.20 Å². The third-order valence-corrected chi connectivity index (χ3v) is 9.33. The van der Waals surface area contributed by atoms with Crippen LogP contribution in [0.4, 0.5) is 0 Å². The van der Waals surface area contributed by atoms with E-state index in [2.05, 4.69) is 86.4 Å². The minimum atomic E-state index is -1.90. The monoisotopic (exact) mass is 355 g/mol. The van der Waals surface area contributed by atoms with Crippen LogP contribution in [0.2, 0.25) is 13.1 Å². The van der Waals surface area contributed by atoms with E-state index in [4.69, 9.17) is 0 Å². The molecule has 0 fully saturated rings. The Kier molecular flexibility index (Phi) is 3.64. The van der Waals surface area contributed by atoms with Crippen molar-refractivity contribution in [3.63, 3.8) is 0 Å². The van der Waals surface area contributed by atoms with Gasteiger partial charge in [-0.15, -0.1) is 0 Å². The third-order valence-electron chi connectivity index (χ3n) is 5.80. The summed E-state index contributed by atoms with van der Waals surface area (Å²) in [5.74, 6) is 0. The molecule has 0 bridgehead atoms. The first-order valence-electron chi connectivity index (χ1n) is 9.01. The van der Waals surface area contributed by atoms with Crippen LogP contribution in [0.3, 0.4) is 0 Å². The normalized spacial score (nSPS) is 13.8. The van der Waals surface area contributed by atoms with Crippen LogP contribution in [0.1, 0.15) is 16.7 Å². The molecule has 2 aromatic carbocycles. The molecule has 2 heterocycles. The number of nitriles is 1. The maximum absolute atomic E-state index is 9.51. The number of nitrogens with zero attached hydrogens (tertiary/aromatic N) is 2. The lowest BCUT2D eigenvalue weighted by Gasteiger charge is -2.22. The highest BCUT2D eigenvalue weighted by Gasteiger charge is 2.41. The first-order chi connectivity index (χ1) is 12.4. The molecule has 1 aromatic heterocycles. The number of aryl methyl sites for hydroxylation is 3. The molecule has 128 valence electrons. The van der Waals surface area contributed by atoms with Crippen molar-refractivity contribution in [1.29, 1.82) is 5.26 Å². The van der Waals surface area contributed by atoms with Crippen molar-refractivity contribution in [3.05, 3.63) is 65.4 Å². The molecule has 0 unspecified atom stereocenters. The van der Waals surface area contributed by atoms with E-state index < -0.39 is 8.07 Å². The zero-order valence-corrected chi connectivity index (χ0v) is 17.0. The van der Waals surface area contributed by atoms with Crippen LogP contribution >= 0.6 is 0 Å². The van der Waals surface area contributed by atoms with Gasteiger partial charge in [0.05, 0.1) is 11.6 Å². The molecule has 3 aromatic rings. The number of fused-ring (bicyclic) bond motifs is 3. The number of hydrogen-bond donors (Lipinski definition) is 0. The number of rotatable bonds is 1. The van der Waals surface area contributed by atoms with Crippen molar-refractivity contribution in [2.45, 2.75) is 26.9 Å². The van der Waals surface area contributed by atoms with E-state index in [1.165, 1.54) is 38.3 Å². The molecule has 3 heteroatoms. The minimum absolute atomic E-state index is 0.806. The molecule has 0 amide bonds. The predicted molar refractivity (Wildman–Crippen MR) is 109 cm³/mol. The summed E-state index contributed by atoms with van der Waals surface area (Å²) >= 11 is 0. The van der Waals surface area contributed by atoms with Gasteiger partial charge in [-0.3, -0.25) is 0 Å². The molecule has 0 radical (unpaired) electrons. The average molecular weight is 356 g/mol. The Hall–Kier alpha value is -2.70. The number of benzene rings is 2. The summed E-state index contributed by atoms with van der Waals surface area (Å²) in [5, 5.41) is 12.4. The van der Waals surface area contributed by atoms with Gasteiger partial charge in [0.2, 0.25) is 5.69 Å². The molecule has 0 saturated heterocycles. The summed E-state index contributed by atoms with van der Waals surface area (Å²) in [5.41, 5.74) is 8.50. The van der Waals surface area contributed by atoms with Gasteiger partial charge in [-0.1, -0.05) is 31.3 Å². The van der Waals surface area contributed by atoms with Gasteiger partial charge >= 0.3 is 0 Å². The molecule has 1 aliphatic heterocycles. The molecule has 1 aliphatic rings. The van der Waals surface area contributed by atoms with Crippen molar-refractivity contribution in [2.24, 2.45) is 7.05 Å². The third kappa shape index (κ3) is 2.19. The predicted octanol–water partition coefficient (Wildman–Crippen LogP) is 3.47. The van der Waals surface area contributed by atoms with E-state index >= 15 is 0 Å². The molecule has 26 heavy (non-hydrogen) atoms. The zero-order valence-electron chi connectivity index (χ0n) is 16.0. The summed E-state index contributed by atoms with van der Waals surface area (Å²) in [6.45, 7) is 9.08. The van der Waals surface area contributed by atoms with Crippen LogP contribution in [-0.2, 0) is 7.05 Å². The standard InChI is InChI=1S/C23H23N2Si/c1-15-9-10-18-19-12-16(2)17(14-24)13-21(19)26(4,5)23(18)22(15)20-8-6-7-11-25(20)3/h6-13H,1-5H3/q+1. The van der Waals surface area contributed by atoms with Crippen LogP contribution in [0.25, 0.3) is 22.4 Å². The van der Waals surface area contributed by atoms with Crippen LogP contribution in [0, 0.1) is 25.2 Å². The highest BCUT2D eigenvalue weighted by atomic mass is 28.3. The average Bonchev–Trinajstić information content (AvgIpc) is 2.82. The SMILES string of the molecule is Cc1cc2c(cc1C#N)[Si](C)(C)c1c-2ccc(C)c1-c1cccc[n+]1C. The van der Waals surface area contributed by atoms with E-state index in [-0.39, 0.29) is 0 Å².